The first-order chi connectivity index (χ1) is 12.5. The topological polar surface area (TPSA) is 75.0 Å². The van der Waals surface area contributed by atoms with E-state index in [9.17, 15) is 4.79 Å². The predicted molar refractivity (Wildman–Crippen MR) is 102 cm³/mol. The van der Waals surface area contributed by atoms with Crippen molar-refractivity contribution >= 4 is 33.4 Å². The second-order valence-electron chi connectivity index (χ2n) is 6.18. The van der Waals surface area contributed by atoms with Crippen molar-refractivity contribution in [3.8, 4) is 11.8 Å². The van der Waals surface area contributed by atoms with Crippen molar-refractivity contribution in [3.05, 3.63) is 57.3 Å². The standard InChI is InChI=1S/C19H17BrClN3O2/c20-13-2-8-18(23-11-13)19(25)24-14-3-6-15(7-4-14)26-16-5-1-12(10-22)17(21)9-16/h1-2,5,8-9,11,14-15H,3-4,6-7H2,(H,24,25)/t14-,15-. The molecule has 1 aliphatic carbocycles. The summed E-state index contributed by atoms with van der Waals surface area (Å²) in [4.78, 5) is 16.4. The van der Waals surface area contributed by atoms with Crippen LogP contribution in [0.3, 0.4) is 0 Å². The Morgan fingerprint density at radius 2 is 2.04 bits per heavy atom. The monoisotopic (exact) mass is 433 g/mol. The van der Waals surface area contributed by atoms with Gasteiger partial charge in [0.1, 0.15) is 17.5 Å². The van der Waals surface area contributed by atoms with Crippen molar-refractivity contribution in [2.75, 3.05) is 0 Å². The van der Waals surface area contributed by atoms with Gasteiger partial charge in [-0.2, -0.15) is 5.26 Å². The minimum atomic E-state index is -0.152. The number of pyridine rings is 1. The van der Waals surface area contributed by atoms with Crippen LogP contribution in [0.4, 0.5) is 0 Å². The highest BCUT2D eigenvalue weighted by Crippen LogP contribution is 2.27. The number of aromatic nitrogens is 1. The van der Waals surface area contributed by atoms with E-state index in [4.69, 9.17) is 21.6 Å². The van der Waals surface area contributed by atoms with Gasteiger partial charge < -0.3 is 10.1 Å². The van der Waals surface area contributed by atoms with Crippen LogP contribution in [-0.2, 0) is 0 Å². The molecule has 1 saturated carbocycles. The maximum absolute atomic E-state index is 12.2. The average Bonchev–Trinajstić information content (AvgIpc) is 2.64. The van der Waals surface area contributed by atoms with Crippen LogP contribution < -0.4 is 10.1 Å². The highest BCUT2D eigenvalue weighted by molar-refractivity contribution is 9.10. The minimum absolute atomic E-state index is 0.0814. The van der Waals surface area contributed by atoms with Crippen LogP contribution in [0.2, 0.25) is 5.02 Å². The third kappa shape index (κ3) is 4.75. The molecule has 26 heavy (non-hydrogen) atoms. The molecular formula is C19H17BrClN3O2. The maximum atomic E-state index is 12.2. The summed E-state index contributed by atoms with van der Waals surface area (Å²) in [7, 11) is 0. The molecule has 1 aromatic heterocycles. The molecule has 1 aromatic carbocycles. The zero-order valence-corrected chi connectivity index (χ0v) is 16.3. The van der Waals surface area contributed by atoms with Crippen molar-refractivity contribution in [1.29, 1.82) is 5.26 Å². The molecule has 0 aliphatic heterocycles. The third-order valence-corrected chi connectivity index (χ3v) is 5.11. The molecule has 5 nitrogen and oxygen atoms in total. The summed E-state index contributed by atoms with van der Waals surface area (Å²) in [5.41, 5.74) is 0.853. The van der Waals surface area contributed by atoms with Crippen LogP contribution >= 0.6 is 27.5 Å². The van der Waals surface area contributed by atoms with Crippen molar-refractivity contribution < 1.29 is 9.53 Å². The maximum Gasteiger partial charge on any atom is 0.270 e. The molecule has 2 aromatic rings. The lowest BCUT2D eigenvalue weighted by Gasteiger charge is -2.29. The number of nitrogens with zero attached hydrogens (tertiary/aromatic N) is 2. The first-order valence-electron chi connectivity index (χ1n) is 8.34. The molecule has 3 rings (SSSR count). The lowest BCUT2D eigenvalue weighted by molar-refractivity contribution is 0.0889. The normalized spacial score (nSPS) is 19.4. The van der Waals surface area contributed by atoms with E-state index in [1.165, 1.54) is 0 Å². The third-order valence-electron chi connectivity index (χ3n) is 4.33. The number of hydrogen-bond donors (Lipinski definition) is 1. The van der Waals surface area contributed by atoms with Crippen molar-refractivity contribution in [2.24, 2.45) is 0 Å². The Morgan fingerprint density at radius 3 is 2.65 bits per heavy atom. The molecule has 1 fully saturated rings. The van der Waals surface area contributed by atoms with Crippen LogP contribution in [-0.4, -0.2) is 23.0 Å². The van der Waals surface area contributed by atoms with Gasteiger partial charge in [-0.05, 0) is 65.9 Å². The Kier molecular flexibility index (Phi) is 6.12. The van der Waals surface area contributed by atoms with Crippen molar-refractivity contribution in [1.82, 2.24) is 10.3 Å². The van der Waals surface area contributed by atoms with Gasteiger partial charge in [0, 0.05) is 22.8 Å². The fourth-order valence-corrected chi connectivity index (χ4v) is 3.39. The predicted octanol–water partition coefficient (Wildman–Crippen LogP) is 4.49. The molecule has 0 radical (unpaired) electrons. The highest BCUT2D eigenvalue weighted by Gasteiger charge is 2.24. The van der Waals surface area contributed by atoms with Crippen molar-refractivity contribution in [2.45, 2.75) is 37.8 Å². The fourth-order valence-electron chi connectivity index (χ4n) is 2.95. The van der Waals surface area contributed by atoms with Crippen LogP contribution in [0.15, 0.2) is 41.0 Å². The molecule has 0 atom stereocenters. The first-order valence-corrected chi connectivity index (χ1v) is 9.51. The summed E-state index contributed by atoms with van der Waals surface area (Å²) in [6.07, 6.45) is 5.07. The molecular weight excluding hydrogens is 418 g/mol. The second kappa shape index (κ2) is 8.52. The zero-order chi connectivity index (χ0) is 18.5. The summed E-state index contributed by atoms with van der Waals surface area (Å²) in [6.45, 7) is 0. The Morgan fingerprint density at radius 1 is 1.27 bits per heavy atom. The number of nitriles is 1. The SMILES string of the molecule is N#Cc1ccc(O[C@H]2CC[C@H](NC(=O)c3ccc(Br)cn3)CC2)cc1Cl. The quantitative estimate of drug-likeness (QED) is 0.769. The Hall–Kier alpha value is -2.10. The summed E-state index contributed by atoms with van der Waals surface area (Å²) in [5.74, 6) is 0.515. The average molecular weight is 435 g/mol. The van der Waals surface area contributed by atoms with Gasteiger partial charge in [-0.3, -0.25) is 4.79 Å². The minimum Gasteiger partial charge on any atom is -0.490 e. The van der Waals surface area contributed by atoms with E-state index in [0.29, 0.717) is 22.0 Å². The Balaban J connectivity index is 1.49. The molecule has 0 unspecified atom stereocenters. The molecule has 1 N–H and O–H groups in total. The lowest BCUT2D eigenvalue weighted by atomic mass is 9.92. The van der Waals surface area contributed by atoms with Crippen LogP contribution in [0, 0.1) is 11.3 Å². The van der Waals surface area contributed by atoms with Gasteiger partial charge in [0.05, 0.1) is 16.7 Å². The zero-order valence-electron chi connectivity index (χ0n) is 13.9. The molecule has 0 saturated heterocycles. The number of halogens is 2. The van der Waals surface area contributed by atoms with Gasteiger partial charge in [0.15, 0.2) is 0 Å². The fraction of sp³-hybridized carbons (Fsp3) is 0.316. The Bertz CT molecular complexity index is 828. The van der Waals surface area contributed by atoms with E-state index in [-0.39, 0.29) is 18.1 Å². The molecule has 7 heteroatoms. The molecule has 0 spiro atoms. The van der Waals surface area contributed by atoms with Crippen LogP contribution in [0.5, 0.6) is 5.75 Å². The molecule has 134 valence electrons. The number of amides is 1. The van der Waals surface area contributed by atoms with Crippen LogP contribution in [0.25, 0.3) is 0 Å². The van der Waals surface area contributed by atoms with E-state index in [2.05, 4.69) is 26.2 Å². The molecule has 1 heterocycles. The number of benzene rings is 1. The van der Waals surface area contributed by atoms with E-state index >= 15 is 0 Å². The number of ether oxygens (including phenoxy) is 1. The largest absolute Gasteiger partial charge is 0.490 e. The second-order valence-corrected chi connectivity index (χ2v) is 7.50. The van der Waals surface area contributed by atoms with Gasteiger partial charge in [0.2, 0.25) is 0 Å². The number of carbonyl (C=O) groups excluding carboxylic acids is 1. The first kappa shape index (κ1) is 18.7. The smallest absolute Gasteiger partial charge is 0.270 e. The van der Waals surface area contributed by atoms with E-state index in [1.807, 2.05) is 6.07 Å². The summed E-state index contributed by atoms with van der Waals surface area (Å²) < 4.78 is 6.80. The number of nitrogens with one attached hydrogen (secondary N) is 1. The number of rotatable bonds is 4. The van der Waals surface area contributed by atoms with Gasteiger partial charge in [-0.25, -0.2) is 4.98 Å². The van der Waals surface area contributed by atoms with E-state index in [0.717, 1.165) is 30.2 Å². The molecule has 1 aliphatic rings. The van der Waals surface area contributed by atoms with Gasteiger partial charge >= 0.3 is 0 Å². The van der Waals surface area contributed by atoms with E-state index < -0.39 is 0 Å². The van der Waals surface area contributed by atoms with Gasteiger partial charge in [-0.1, -0.05) is 11.6 Å². The lowest BCUT2D eigenvalue weighted by Crippen LogP contribution is -2.40. The summed E-state index contributed by atoms with van der Waals surface area (Å²) in [5, 5.41) is 12.3. The van der Waals surface area contributed by atoms with Crippen molar-refractivity contribution in [3.63, 3.8) is 0 Å². The van der Waals surface area contributed by atoms with Crippen LogP contribution in [0.1, 0.15) is 41.7 Å². The number of hydrogen-bond acceptors (Lipinski definition) is 4. The molecule has 0 bridgehead atoms. The van der Waals surface area contributed by atoms with Gasteiger partial charge in [-0.15, -0.1) is 0 Å². The highest BCUT2D eigenvalue weighted by atomic mass is 79.9. The van der Waals surface area contributed by atoms with E-state index in [1.54, 1.807) is 36.5 Å². The summed E-state index contributed by atoms with van der Waals surface area (Å²) >= 11 is 9.34. The summed E-state index contributed by atoms with van der Waals surface area (Å²) in [6, 6.07) is 10.7. The molecule has 1 amide bonds. The van der Waals surface area contributed by atoms with Gasteiger partial charge in [0.25, 0.3) is 5.91 Å². The number of carbonyl (C=O) groups is 1. The Labute approximate surface area is 165 Å².